The number of esters is 1. The summed E-state index contributed by atoms with van der Waals surface area (Å²) in [6, 6.07) is 10.8. The van der Waals surface area contributed by atoms with E-state index in [2.05, 4.69) is 5.32 Å². The zero-order valence-electron chi connectivity index (χ0n) is 18.5. The molecule has 1 aliphatic heterocycles. The second-order valence-corrected chi connectivity index (χ2v) is 9.81. The third-order valence-corrected chi connectivity index (χ3v) is 7.50. The number of ether oxygens (including phenoxy) is 1. The minimum atomic E-state index is -4.66. The molecule has 34 heavy (non-hydrogen) atoms. The summed E-state index contributed by atoms with van der Waals surface area (Å²) in [5.41, 5.74) is 0.530. The van der Waals surface area contributed by atoms with Gasteiger partial charge in [-0.05, 0) is 49.1 Å². The lowest BCUT2D eigenvalue weighted by Crippen LogP contribution is -2.41. The molecule has 2 aromatic rings. The number of piperidine rings is 1. The molecule has 0 bridgehead atoms. The van der Waals surface area contributed by atoms with E-state index in [4.69, 9.17) is 4.74 Å². The zero-order chi connectivity index (χ0) is 24.9. The van der Waals surface area contributed by atoms with Crippen molar-refractivity contribution < 1.29 is 35.9 Å². The molecule has 0 aromatic heterocycles. The fourth-order valence-corrected chi connectivity index (χ4v) is 5.22. The Morgan fingerprint density at radius 2 is 1.76 bits per heavy atom. The highest BCUT2D eigenvalue weighted by atomic mass is 32.2. The van der Waals surface area contributed by atoms with Crippen LogP contribution in [0.15, 0.2) is 53.4 Å². The number of carbonyl (C=O) groups is 2. The van der Waals surface area contributed by atoms with Gasteiger partial charge in [-0.3, -0.25) is 9.59 Å². The lowest BCUT2D eigenvalue weighted by molar-refractivity contribution is -0.152. The van der Waals surface area contributed by atoms with E-state index in [0.717, 1.165) is 34.5 Å². The summed E-state index contributed by atoms with van der Waals surface area (Å²) in [5, 5.41) is 2.70. The number of amides is 1. The van der Waals surface area contributed by atoms with Crippen LogP contribution >= 0.6 is 0 Å². The molecular weight excluding hydrogens is 473 g/mol. The maximum absolute atomic E-state index is 12.9. The SMILES string of the molecule is CCc1ccccc1NC(=O)COC(=O)C1CCN(S(=O)(=O)c2cccc(C(F)(F)F)c2)CC1. The first-order valence-electron chi connectivity index (χ1n) is 10.7. The monoisotopic (exact) mass is 498 g/mol. The second-order valence-electron chi connectivity index (χ2n) is 7.87. The number of benzene rings is 2. The van der Waals surface area contributed by atoms with Crippen LogP contribution in [0.4, 0.5) is 18.9 Å². The van der Waals surface area contributed by atoms with Gasteiger partial charge in [0.1, 0.15) is 0 Å². The molecule has 3 rings (SSSR count). The number of aryl methyl sites for hydroxylation is 1. The van der Waals surface area contributed by atoms with E-state index in [0.29, 0.717) is 11.8 Å². The maximum atomic E-state index is 12.9. The van der Waals surface area contributed by atoms with E-state index in [1.165, 1.54) is 0 Å². The Kier molecular flexibility index (Phi) is 7.98. The number of para-hydroxylation sites is 1. The Balaban J connectivity index is 1.53. The van der Waals surface area contributed by atoms with Crippen molar-refractivity contribution in [3.8, 4) is 0 Å². The van der Waals surface area contributed by atoms with E-state index < -0.39 is 51.1 Å². The Morgan fingerprint density at radius 3 is 2.41 bits per heavy atom. The average molecular weight is 499 g/mol. The van der Waals surface area contributed by atoms with Crippen LogP contribution in [0.1, 0.15) is 30.9 Å². The van der Waals surface area contributed by atoms with E-state index in [-0.39, 0.29) is 25.9 Å². The molecule has 1 saturated heterocycles. The molecule has 1 amide bonds. The summed E-state index contributed by atoms with van der Waals surface area (Å²) in [5.74, 6) is -1.71. The number of nitrogens with one attached hydrogen (secondary N) is 1. The van der Waals surface area contributed by atoms with Crippen LogP contribution in [-0.2, 0) is 36.9 Å². The number of sulfonamides is 1. The van der Waals surface area contributed by atoms with Gasteiger partial charge in [-0.25, -0.2) is 8.42 Å². The molecule has 1 heterocycles. The largest absolute Gasteiger partial charge is 0.455 e. The Hall–Kier alpha value is -2.92. The fraction of sp³-hybridized carbons (Fsp3) is 0.391. The van der Waals surface area contributed by atoms with E-state index in [1.807, 2.05) is 19.1 Å². The summed E-state index contributed by atoms with van der Waals surface area (Å²) >= 11 is 0. The lowest BCUT2D eigenvalue weighted by Gasteiger charge is -2.30. The fourth-order valence-electron chi connectivity index (χ4n) is 3.71. The van der Waals surface area contributed by atoms with E-state index in [1.54, 1.807) is 12.1 Å². The van der Waals surface area contributed by atoms with Crippen molar-refractivity contribution in [3.63, 3.8) is 0 Å². The molecule has 0 radical (unpaired) electrons. The van der Waals surface area contributed by atoms with Crippen molar-refractivity contribution in [2.75, 3.05) is 25.0 Å². The number of alkyl halides is 3. The van der Waals surface area contributed by atoms with Crippen molar-refractivity contribution in [1.29, 1.82) is 0 Å². The van der Waals surface area contributed by atoms with Crippen LogP contribution in [-0.4, -0.2) is 44.3 Å². The number of carbonyl (C=O) groups excluding carboxylic acids is 2. The maximum Gasteiger partial charge on any atom is 0.416 e. The first-order valence-corrected chi connectivity index (χ1v) is 12.2. The highest BCUT2D eigenvalue weighted by Gasteiger charge is 2.35. The molecule has 11 heteroatoms. The van der Waals surface area contributed by atoms with E-state index >= 15 is 0 Å². The smallest absolute Gasteiger partial charge is 0.416 e. The standard InChI is InChI=1S/C23H25F3N2O5S/c1-2-16-6-3-4-9-20(16)27-21(29)15-33-22(30)17-10-12-28(13-11-17)34(31,32)19-8-5-7-18(14-19)23(24,25)26/h3-9,14,17H,2,10-13,15H2,1H3,(H,27,29). The first kappa shape index (κ1) is 25.7. The number of hydrogen-bond acceptors (Lipinski definition) is 5. The predicted molar refractivity (Wildman–Crippen MR) is 118 cm³/mol. The molecule has 0 spiro atoms. The Morgan fingerprint density at radius 1 is 1.09 bits per heavy atom. The molecule has 0 saturated carbocycles. The van der Waals surface area contributed by atoms with Gasteiger partial charge in [0.25, 0.3) is 5.91 Å². The zero-order valence-corrected chi connectivity index (χ0v) is 19.3. The quantitative estimate of drug-likeness (QED) is 0.586. The topological polar surface area (TPSA) is 92.8 Å². The van der Waals surface area contributed by atoms with Crippen LogP contribution in [0, 0.1) is 5.92 Å². The van der Waals surface area contributed by atoms with Gasteiger partial charge < -0.3 is 10.1 Å². The molecule has 7 nitrogen and oxygen atoms in total. The normalized spacial score (nSPS) is 15.6. The molecule has 0 aliphatic carbocycles. The molecule has 1 N–H and O–H groups in total. The molecule has 0 atom stereocenters. The lowest BCUT2D eigenvalue weighted by atomic mass is 9.98. The minimum Gasteiger partial charge on any atom is -0.455 e. The van der Waals surface area contributed by atoms with E-state index in [9.17, 15) is 31.2 Å². The predicted octanol–water partition coefficient (Wildman–Crippen LogP) is 3.85. The first-order chi connectivity index (χ1) is 16.0. The van der Waals surface area contributed by atoms with Crippen LogP contribution in [0.25, 0.3) is 0 Å². The van der Waals surface area contributed by atoms with Crippen molar-refractivity contribution in [1.82, 2.24) is 4.31 Å². The summed E-state index contributed by atoms with van der Waals surface area (Å²) < 4.78 is 70.5. The number of hydrogen-bond donors (Lipinski definition) is 1. The third-order valence-electron chi connectivity index (χ3n) is 5.60. The molecule has 2 aromatic carbocycles. The number of rotatable bonds is 7. The van der Waals surface area contributed by atoms with Gasteiger partial charge in [0.15, 0.2) is 6.61 Å². The summed E-state index contributed by atoms with van der Waals surface area (Å²) in [7, 11) is -4.14. The number of halogens is 3. The summed E-state index contributed by atoms with van der Waals surface area (Å²) in [4.78, 5) is 24.1. The van der Waals surface area contributed by atoms with Crippen molar-refractivity contribution >= 4 is 27.6 Å². The highest BCUT2D eigenvalue weighted by Crippen LogP contribution is 2.32. The van der Waals surface area contributed by atoms with Gasteiger partial charge >= 0.3 is 12.1 Å². The number of anilines is 1. The molecule has 1 aliphatic rings. The van der Waals surface area contributed by atoms with Crippen LogP contribution in [0.5, 0.6) is 0 Å². The minimum absolute atomic E-state index is 0.0472. The molecule has 184 valence electrons. The van der Waals surface area contributed by atoms with Crippen LogP contribution < -0.4 is 5.32 Å². The van der Waals surface area contributed by atoms with Crippen molar-refractivity contribution in [3.05, 3.63) is 59.7 Å². The summed E-state index contributed by atoms with van der Waals surface area (Å²) in [6.07, 6.45) is -3.67. The van der Waals surface area contributed by atoms with Crippen molar-refractivity contribution in [2.24, 2.45) is 5.92 Å². The molecular formula is C23H25F3N2O5S. The van der Waals surface area contributed by atoms with Gasteiger partial charge in [-0.2, -0.15) is 17.5 Å². The second kappa shape index (κ2) is 10.6. The average Bonchev–Trinajstić information content (AvgIpc) is 2.82. The summed E-state index contributed by atoms with van der Waals surface area (Å²) in [6.45, 7) is 1.38. The molecule has 0 unspecified atom stereocenters. The van der Waals surface area contributed by atoms with Gasteiger partial charge in [0.05, 0.1) is 16.4 Å². The highest BCUT2D eigenvalue weighted by molar-refractivity contribution is 7.89. The molecule has 1 fully saturated rings. The number of nitrogens with zero attached hydrogens (tertiary/aromatic N) is 1. The van der Waals surface area contributed by atoms with Crippen LogP contribution in [0.3, 0.4) is 0 Å². The van der Waals surface area contributed by atoms with Gasteiger partial charge in [-0.15, -0.1) is 0 Å². The Bertz CT molecular complexity index is 1140. The van der Waals surface area contributed by atoms with Gasteiger partial charge in [0, 0.05) is 18.8 Å². The van der Waals surface area contributed by atoms with Crippen molar-refractivity contribution in [2.45, 2.75) is 37.3 Å². The van der Waals surface area contributed by atoms with Gasteiger partial charge in [-0.1, -0.05) is 31.2 Å². The van der Waals surface area contributed by atoms with Gasteiger partial charge in [0.2, 0.25) is 10.0 Å². The van der Waals surface area contributed by atoms with Crippen LogP contribution in [0.2, 0.25) is 0 Å². The third kappa shape index (κ3) is 6.15. The Labute approximate surface area is 196 Å².